The average molecular weight is 347 g/mol. The number of ether oxygens (including phenoxy) is 1. The third-order valence-corrected chi connectivity index (χ3v) is 5.86. The van der Waals surface area contributed by atoms with Crippen molar-refractivity contribution in [2.75, 3.05) is 11.9 Å². The van der Waals surface area contributed by atoms with E-state index in [1.165, 1.54) is 26.2 Å². The number of hydrogen-bond donors (Lipinski definition) is 3. The number of aromatic nitrogens is 1. The fourth-order valence-electron chi connectivity index (χ4n) is 4.60. The van der Waals surface area contributed by atoms with Gasteiger partial charge in [-0.2, -0.15) is 0 Å². The number of anilines is 1. The molecule has 0 unspecified atom stereocenters. The highest BCUT2D eigenvalue weighted by atomic mass is 16.5. The summed E-state index contributed by atoms with van der Waals surface area (Å²) >= 11 is 0. The maximum Gasteiger partial charge on any atom is 0.255 e. The Hall–Kier alpha value is -1.82. The first kappa shape index (κ1) is 18.0. The maximum atomic E-state index is 12.9. The number of carbonyl (C=O) groups excluding carboxylic acids is 2. The van der Waals surface area contributed by atoms with Crippen LogP contribution >= 0.6 is 0 Å². The zero-order valence-electron chi connectivity index (χ0n) is 15.4. The fourth-order valence-corrected chi connectivity index (χ4v) is 4.60. The standard InChI is InChI=1S/C19H29N3O3/c1-4-25-16-10-15(19(16)8-6-5-7-9-19)22-18(24)17-12(2)20-11-14(17)21-13(3)23/h11,15-16,20H,4-10H2,1-3H3,(H,21,23)(H,22,24)/t15-,16+/m0/s1. The summed E-state index contributed by atoms with van der Waals surface area (Å²) in [5, 5.41) is 5.96. The molecular formula is C19H29N3O3. The average Bonchev–Trinajstić information content (AvgIpc) is 2.94. The van der Waals surface area contributed by atoms with E-state index >= 15 is 0 Å². The van der Waals surface area contributed by atoms with Crippen LogP contribution in [-0.2, 0) is 9.53 Å². The second-order valence-corrected chi connectivity index (χ2v) is 7.38. The molecule has 0 radical (unpaired) electrons. The normalized spacial score (nSPS) is 24.6. The lowest BCUT2D eigenvalue weighted by molar-refractivity contribution is -0.146. The first-order chi connectivity index (χ1) is 12.0. The van der Waals surface area contributed by atoms with Gasteiger partial charge in [-0.3, -0.25) is 9.59 Å². The number of rotatable bonds is 5. The van der Waals surface area contributed by atoms with E-state index in [4.69, 9.17) is 4.74 Å². The van der Waals surface area contributed by atoms with Gasteiger partial charge in [0, 0.05) is 36.9 Å². The van der Waals surface area contributed by atoms with E-state index in [1.807, 2.05) is 13.8 Å². The largest absolute Gasteiger partial charge is 0.378 e. The molecule has 2 aliphatic rings. The van der Waals surface area contributed by atoms with Gasteiger partial charge >= 0.3 is 0 Å². The molecule has 6 nitrogen and oxygen atoms in total. The van der Waals surface area contributed by atoms with Gasteiger partial charge in [-0.25, -0.2) is 0 Å². The van der Waals surface area contributed by atoms with Crippen molar-refractivity contribution in [3.05, 3.63) is 17.5 Å². The smallest absolute Gasteiger partial charge is 0.255 e. The highest BCUT2D eigenvalue weighted by molar-refractivity contribution is 6.04. The van der Waals surface area contributed by atoms with E-state index in [1.54, 1.807) is 6.20 Å². The predicted octanol–water partition coefficient (Wildman–Crippen LogP) is 3.14. The fraction of sp³-hybridized carbons (Fsp3) is 0.684. The SMILES string of the molecule is CCO[C@@H]1C[C@H](NC(=O)c2c(NC(C)=O)c[nH]c2C)C12CCCCC2. The number of carbonyl (C=O) groups is 2. The van der Waals surface area contributed by atoms with Crippen LogP contribution in [0, 0.1) is 12.3 Å². The summed E-state index contributed by atoms with van der Waals surface area (Å²) in [6, 6.07) is 0.149. The quantitative estimate of drug-likeness (QED) is 0.765. The van der Waals surface area contributed by atoms with Crippen LogP contribution in [0.25, 0.3) is 0 Å². The van der Waals surface area contributed by atoms with Crippen LogP contribution in [0.3, 0.4) is 0 Å². The molecule has 3 rings (SSSR count). The molecule has 3 N–H and O–H groups in total. The first-order valence-corrected chi connectivity index (χ1v) is 9.36. The molecule has 2 fully saturated rings. The van der Waals surface area contributed by atoms with Crippen LogP contribution in [0.1, 0.15) is 68.4 Å². The molecule has 0 saturated heterocycles. The number of H-pyrrole nitrogens is 1. The van der Waals surface area contributed by atoms with Crippen LogP contribution in [0.5, 0.6) is 0 Å². The minimum atomic E-state index is -0.183. The topological polar surface area (TPSA) is 83.2 Å². The Bertz CT molecular complexity index is 646. The monoisotopic (exact) mass is 347 g/mol. The Morgan fingerprint density at radius 3 is 2.68 bits per heavy atom. The summed E-state index contributed by atoms with van der Waals surface area (Å²) in [5.74, 6) is -0.302. The number of aryl methyl sites for hydroxylation is 1. The van der Waals surface area contributed by atoms with Crippen molar-refractivity contribution in [1.82, 2.24) is 10.3 Å². The van der Waals surface area contributed by atoms with Crippen molar-refractivity contribution < 1.29 is 14.3 Å². The number of nitrogens with one attached hydrogen (secondary N) is 3. The Morgan fingerprint density at radius 1 is 1.32 bits per heavy atom. The van der Waals surface area contributed by atoms with Crippen LogP contribution < -0.4 is 10.6 Å². The molecule has 0 aromatic carbocycles. The van der Waals surface area contributed by atoms with E-state index < -0.39 is 0 Å². The van der Waals surface area contributed by atoms with Gasteiger partial charge in [-0.15, -0.1) is 0 Å². The van der Waals surface area contributed by atoms with Gasteiger partial charge in [-0.1, -0.05) is 19.3 Å². The van der Waals surface area contributed by atoms with Crippen molar-refractivity contribution in [2.24, 2.45) is 5.41 Å². The van der Waals surface area contributed by atoms with E-state index in [0.717, 1.165) is 31.6 Å². The molecule has 2 atom stereocenters. The van der Waals surface area contributed by atoms with Gasteiger partial charge in [0.25, 0.3) is 5.91 Å². The maximum absolute atomic E-state index is 12.9. The summed E-state index contributed by atoms with van der Waals surface area (Å²) < 4.78 is 5.96. The molecule has 0 bridgehead atoms. The first-order valence-electron chi connectivity index (χ1n) is 9.36. The summed E-state index contributed by atoms with van der Waals surface area (Å²) in [7, 11) is 0. The molecule has 0 aliphatic heterocycles. The van der Waals surface area contributed by atoms with Gasteiger partial charge in [0.05, 0.1) is 17.4 Å². The lowest BCUT2D eigenvalue weighted by Gasteiger charge is -2.57. The summed E-state index contributed by atoms with van der Waals surface area (Å²) in [6.45, 7) is 6.04. The minimum Gasteiger partial charge on any atom is -0.378 e. The lowest BCUT2D eigenvalue weighted by Crippen LogP contribution is -2.65. The Balaban J connectivity index is 1.75. The molecule has 138 valence electrons. The van der Waals surface area contributed by atoms with Gasteiger partial charge in [0.2, 0.25) is 5.91 Å². The zero-order valence-corrected chi connectivity index (χ0v) is 15.4. The minimum absolute atomic E-state index is 0.0856. The van der Waals surface area contributed by atoms with Gasteiger partial charge in [0.1, 0.15) is 0 Å². The molecule has 6 heteroatoms. The molecule has 1 spiro atoms. The van der Waals surface area contributed by atoms with Gasteiger partial charge in [0.15, 0.2) is 0 Å². The second kappa shape index (κ2) is 7.20. The Labute approximate surface area is 149 Å². The third kappa shape index (κ3) is 3.32. The van der Waals surface area contributed by atoms with Crippen molar-refractivity contribution in [3.63, 3.8) is 0 Å². The van der Waals surface area contributed by atoms with Crippen molar-refractivity contribution in [1.29, 1.82) is 0 Å². The molecule has 2 amide bonds. The molecule has 2 aliphatic carbocycles. The second-order valence-electron chi connectivity index (χ2n) is 7.38. The Kier molecular flexibility index (Phi) is 5.18. The van der Waals surface area contributed by atoms with Crippen molar-refractivity contribution >= 4 is 17.5 Å². The summed E-state index contributed by atoms with van der Waals surface area (Å²) in [4.78, 5) is 27.3. The highest BCUT2D eigenvalue weighted by Gasteiger charge is 2.56. The zero-order chi connectivity index (χ0) is 18.0. The van der Waals surface area contributed by atoms with Gasteiger partial charge in [-0.05, 0) is 33.1 Å². The Morgan fingerprint density at radius 2 is 2.04 bits per heavy atom. The number of hydrogen-bond acceptors (Lipinski definition) is 3. The van der Waals surface area contributed by atoms with E-state index in [0.29, 0.717) is 11.3 Å². The summed E-state index contributed by atoms with van der Waals surface area (Å²) in [6.07, 6.45) is 8.72. The highest BCUT2D eigenvalue weighted by Crippen LogP contribution is 2.53. The van der Waals surface area contributed by atoms with Crippen LogP contribution in [-0.4, -0.2) is 35.6 Å². The number of amides is 2. The summed E-state index contributed by atoms with van der Waals surface area (Å²) in [5.41, 5.74) is 1.92. The molecule has 1 aromatic rings. The van der Waals surface area contributed by atoms with Crippen LogP contribution in [0.15, 0.2) is 6.20 Å². The van der Waals surface area contributed by atoms with E-state index in [2.05, 4.69) is 15.6 Å². The van der Waals surface area contributed by atoms with Crippen molar-refractivity contribution in [3.8, 4) is 0 Å². The number of aromatic amines is 1. The van der Waals surface area contributed by atoms with Gasteiger partial charge < -0.3 is 20.4 Å². The van der Waals surface area contributed by atoms with Crippen LogP contribution in [0.4, 0.5) is 5.69 Å². The molecule has 1 heterocycles. The van der Waals surface area contributed by atoms with E-state index in [9.17, 15) is 9.59 Å². The van der Waals surface area contributed by atoms with Crippen molar-refractivity contribution in [2.45, 2.75) is 71.4 Å². The molecular weight excluding hydrogens is 318 g/mol. The molecule has 25 heavy (non-hydrogen) atoms. The molecule has 2 saturated carbocycles. The predicted molar refractivity (Wildman–Crippen MR) is 96.6 cm³/mol. The van der Waals surface area contributed by atoms with Crippen LogP contribution in [0.2, 0.25) is 0 Å². The molecule has 1 aromatic heterocycles. The van der Waals surface area contributed by atoms with E-state index in [-0.39, 0.29) is 29.4 Å². The lowest BCUT2D eigenvalue weighted by atomic mass is 9.55. The third-order valence-electron chi connectivity index (χ3n) is 5.86.